The van der Waals surface area contributed by atoms with E-state index in [1.165, 1.54) is 25.7 Å². The molecule has 1 N–H and O–H groups in total. The summed E-state index contributed by atoms with van der Waals surface area (Å²) in [6.45, 7) is 4.56. The summed E-state index contributed by atoms with van der Waals surface area (Å²) >= 11 is 0. The zero-order valence-corrected chi connectivity index (χ0v) is 9.31. The first-order valence-electron chi connectivity index (χ1n) is 5.90. The topological polar surface area (TPSA) is 29.1 Å². The van der Waals surface area contributed by atoms with E-state index < -0.39 is 0 Å². The molecule has 1 unspecified atom stereocenters. The summed E-state index contributed by atoms with van der Waals surface area (Å²) in [4.78, 5) is 11.7. The first kappa shape index (κ1) is 10.0. The predicted octanol–water partition coefficient (Wildman–Crippen LogP) is 2.48. The molecule has 0 bridgehead atoms. The average molecular weight is 195 g/mol. The van der Waals surface area contributed by atoms with Gasteiger partial charge < -0.3 is 5.32 Å². The Morgan fingerprint density at radius 2 is 1.93 bits per heavy atom. The fraction of sp³-hybridized carbons (Fsp3) is 0.917. The fourth-order valence-corrected chi connectivity index (χ4v) is 2.40. The van der Waals surface area contributed by atoms with E-state index in [-0.39, 0.29) is 0 Å². The summed E-state index contributed by atoms with van der Waals surface area (Å²) in [6.07, 6.45) is 7.24. The molecule has 2 fully saturated rings. The highest BCUT2D eigenvalue weighted by Crippen LogP contribution is 2.36. The second kappa shape index (κ2) is 3.56. The summed E-state index contributed by atoms with van der Waals surface area (Å²) in [5, 5.41) is 3.23. The Morgan fingerprint density at radius 3 is 2.50 bits per heavy atom. The van der Waals surface area contributed by atoms with Gasteiger partial charge in [-0.05, 0) is 31.1 Å². The smallest absolute Gasteiger partial charge is 0.223 e. The molecule has 0 heterocycles. The molecule has 2 heteroatoms. The van der Waals surface area contributed by atoms with Crippen molar-refractivity contribution in [2.24, 2.45) is 11.3 Å². The number of nitrogens with one attached hydrogen (secondary N) is 1. The van der Waals surface area contributed by atoms with Crippen LogP contribution in [0.3, 0.4) is 0 Å². The monoisotopic (exact) mass is 195 g/mol. The van der Waals surface area contributed by atoms with Crippen LogP contribution < -0.4 is 5.32 Å². The second-order valence-electron chi connectivity index (χ2n) is 5.57. The predicted molar refractivity (Wildman–Crippen MR) is 56.9 cm³/mol. The van der Waals surface area contributed by atoms with Crippen LogP contribution in [-0.2, 0) is 4.79 Å². The van der Waals surface area contributed by atoms with E-state index in [4.69, 9.17) is 0 Å². The summed E-state index contributed by atoms with van der Waals surface area (Å²) in [5.74, 6) is 0.665. The third-order valence-corrected chi connectivity index (χ3v) is 3.77. The van der Waals surface area contributed by atoms with E-state index in [0.29, 0.717) is 23.3 Å². The first-order valence-corrected chi connectivity index (χ1v) is 5.90. The molecule has 0 radical (unpaired) electrons. The van der Waals surface area contributed by atoms with Crippen molar-refractivity contribution in [2.45, 2.75) is 58.4 Å². The number of carbonyl (C=O) groups excluding carboxylic acids is 1. The highest BCUT2D eigenvalue weighted by atomic mass is 16.2. The number of rotatable bonds is 2. The molecule has 14 heavy (non-hydrogen) atoms. The quantitative estimate of drug-likeness (QED) is 0.720. The summed E-state index contributed by atoms with van der Waals surface area (Å²) < 4.78 is 0. The number of amides is 1. The molecule has 0 aromatic rings. The molecule has 0 aromatic carbocycles. The van der Waals surface area contributed by atoms with Crippen LogP contribution >= 0.6 is 0 Å². The van der Waals surface area contributed by atoms with Gasteiger partial charge in [0.2, 0.25) is 5.91 Å². The largest absolute Gasteiger partial charge is 0.353 e. The maximum Gasteiger partial charge on any atom is 0.223 e. The Labute approximate surface area is 86.5 Å². The summed E-state index contributed by atoms with van der Waals surface area (Å²) in [6, 6.07) is 0.421. The van der Waals surface area contributed by atoms with Crippen LogP contribution in [0.15, 0.2) is 0 Å². The second-order valence-corrected chi connectivity index (χ2v) is 5.57. The van der Waals surface area contributed by atoms with E-state index >= 15 is 0 Å². The van der Waals surface area contributed by atoms with Crippen LogP contribution in [0.25, 0.3) is 0 Å². The van der Waals surface area contributed by atoms with Crippen molar-refractivity contribution in [3.8, 4) is 0 Å². The third-order valence-electron chi connectivity index (χ3n) is 3.77. The minimum Gasteiger partial charge on any atom is -0.353 e. The summed E-state index contributed by atoms with van der Waals surface area (Å²) in [5.41, 5.74) is 0.308. The molecule has 80 valence electrons. The van der Waals surface area contributed by atoms with Crippen molar-refractivity contribution < 1.29 is 4.79 Å². The lowest BCUT2D eigenvalue weighted by Gasteiger charge is -2.39. The van der Waals surface area contributed by atoms with Crippen LogP contribution in [0, 0.1) is 11.3 Å². The van der Waals surface area contributed by atoms with Gasteiger partial charge in [-0.3, -0.25) is 4.79 Å². The fourth-order valence-electron chi connectivity index (χ4n) is 2.40. The maximum atomic E-state index is 11.7. The SMILES string of the molecule is CC1(C)CCCCC1NC(=O)C1CC1. The number of hydrogen-bond acceptors (Lipinski definition) is 1. The standard InChI is InChI=1S/C12H21NO/c1-12(2)8-4-3-5-10(12)13-11(14)9-6-7-9/h9-10H,3-8H2,1-2H3,(H,13,14). The Hall–Kier alpha value is -0.530. The van der Waals surface area contributed by atoms with E-state index in [9.17, 15) is 4.79 Å². The molecular weight excluding hydrogens is 174 g/mol. The molecule has 1 amide bonds. The first-order chi connectivity index (χ1) is 6.59. The Kier molecular flexibility index (Phi) is 2.54. The summed E-state index contributed by atoms with van der Waals surface area (Å²) in [7, 11) is 0. The molecule has 0 aromatic heterocycles. The number of carbonyl (C=O) groups is 1. The van der Waals surface area contributed by atoms with E-state index in [1.807, 2.05) is 0 Å². The van der Waals surface area contributed by atoms with Crippen molar-refractivity contribution in [3.05, 3.63) is 0 Å². The van der Waals surface area contributed by atoms with E-state index in [0.717, 1.165) is 12.8 Å². The van der Waals surface area contributed by atoms with Gasteiger partial charge in [0.1, 0.15) is 0 Å². The van der Waals surface area contributed by atoms with Gasteiger partial charge in [-0.15, -0.1) is 0 Å². The molecule has 2 aliphatic rings. The van der Waals surface area contributed by atoms with Crippen molar-refractivity contribution in [1.82, 2.24) is 5.32 Å². The van der Waals surface area contributed by atoms with Gasteiger partial charge in [0.25, 0.3) is 0 Å². The van der Waals surface area contributed by atoms with Crippen LogP contribution in [0.4, 0.5) is 0 Å². The third kappa shape index (κ3) is 2.10. The average Bonchev–Trinajstić information content (AvgIpc) is 2.91. The molecule has 0 spiro atoms. The molecule has 1 atom stereocenters. The normalized spacial score (nSPS) is 31.1. The highest BCUT2D eigenvalue weighted by molar-refractivity contribution is 5.81. The molecule has 2 saturated carbocycles. The van der Waals surface area contributed by atoms with E-state index in [1.54, 1.807) is 0 Å². The highest BCUT2D eigenvalue weighted by Gasteiger charge is 2.36. The van der Waals surface area contributed by atoms with Gasteiger partial charge in [-0.1, -0.05) is 26.7 Å². The van der Waals surface area contributed by atoms with Crippen LogP contribution in [-0.4, -0.2) is 11.9 Å². The van der Waals surface area contributed by atoms with Crippen molar-refractivity contribution in [2.75, 3.05) is 0 Å². The maximum absolute atomic E-state index is 11.7. The number of hydrogen-bond donors (Lipinski definition) is 1. The molecule has 0 aliphatic heterocycles. The van der Waals surface area contributed by atoms with Gasteiger partial charge in [0.05, 0.1) is 0 Å². The van der Waals surface area contributed by atoms with Crippen molar-refractivity contribution in [3.63, 3.8) is 0 Å². The van der Waals surface area contributed by atoms with Crippen molar-refractivity contribution >= 4 is 5.91 Å². The Morgan fingerprint density at radius 1 is 1.21 bits per heavy atom. The van der Waals surface area contributed by atoms with Crippen molar-refractivity contribution in [1.29, 1.82) is 0 Å². The Bertz CT molecular complexity index is 230. The Balaban J connectivity index is 1.90. The molecular formula is C12H21NO. The van der Waals surface area contributed by atoms with Gasteiger partial charge in [0, 0.05) is 12.0 Å². The van der Waals surface area contributed by atoms with Gasteiger partial charge in [-0.2, -0.15) is 0 Å². The van der Waals surface area contributed by atoms with Crippen LogP contribution in [0.2, 0.25) is 0 Å². The van der Waals surface area contributed by atoms with Gasteiger partial charge in [-0.25, -0.2) is 0 Å². The molecule has 2 aliphatic carbocycles. The lowest BCUT2D eigenvalue weighted by atomic mass is 9.73. The lowest BCUT2D eigenvalue weighted by Crippen LogP contribution is -2.47. The van der Waals surface area contributed by atoms with Gasteiger partial charge in [0.15, 0.2) is 0 Å². The lowest BCUT2D eigenvalue weighted by molar-refractivity contribution is -0.124. The minimum atomic E-state index is 0.308. The van der Waals surface area contributed by atoms with Crippen LogP contribution in [0.5, 0.6) is 0 Å². The zero-order chi connectivity index (χ0) is 10.2. The van der Waals surface area contributed by atoms with E-state index in [2.05, 4.69) is 19.2 Å². The zero-order valence-electron chi connectivity index (χ0n) is 9.31. The molecule has 2 rings (SSSR count). The van der Waals surface area contributed by atoms with Gasteiger partial charge >= 0.3 is 0 Å². The molecule has 0 saturated heterocycles. The minimum absolute atomic E-state index is 0.308. The van der Waals surface area contributed by atoms with Crippen LogP contribution in [0.1, 0.15) is 52.4 Å². The molecule has 2 nitrogen and oxygen atoms in total.